The van der Waals surface area contributed by atoms with E-state index in [4.69, 9.17) is 15.9 Å². The van der Waals surface area contributed by atoms with Crippen molar-refractivity contribution in [2.45, 2.75) is 32.4 Å². The minimum Gasteiger partial charge on any atom is -0.457 e. The molecule has 1 saturated heterocycles. The first-order valence-corrected chi connectivity index (χ1v) is 9.68. The van der Waals surface area contributed by atoms with Crippen LogP contribution in [0.1, 0.15) is 35.7 Å². The van der Waals surface area contributed by atoms with Crippen LogP contribution in [0.15, 0.2) is 53.6 Å². The lowest BCUT2D eigenvalue weighted by atomic mass is 10.1. The smallest absolute Gasteiger partial charge is 0.248 e. The maximum absolute atomic E-state index is 11.1. The van der Waals surface area contributed by atoms with Crippen LogP contribution >= 0.6 is 0 Å². The molecule has 4 N–H and O–H groups in total. The molecule has 2 aromatic rings. The van der Waals surface area contributed by atoms with Gasteiger partial charge in [-0.05, 0) is 68.3 Å². The SMILES string of the molecule is CN/N=C(/C)C(=N)C1CCCN1Cc1ccc(Oc2ccc(C(N)=O)cc2)cc1. The number of primary amides is 1. The molecule has 3 rings (SSSR count). The van der Waals surface area contributed by atoms with E-state index in [1.54, 1.807) is 31.3 Å². The summed E-state index contributed by atoms with van der Waals surface area (Å²) >= 11 is 0. The normalized spacial score (nSPS) is 17.2. The van der Waals surface area contributed by atoms with Crippen molar-refractivity contribution in [1.82, 2.24) is 10.3 Å². The van der Waals surface area contributed by atoms with E-state index in [0.717, 1.165) is 37.4 Å². The van der Waals surface area contributed by atoms with Crippen LogP contribution in [0, 0.1) is 5.41 Å². The van der Waals surface area contributed by atoms with E-state index >= 15 is 0 Å². The Balaban J connectivity index is 1.62. The van der Waals surface area contributed by atoms with E-state index in [9.17, 15) is 4.79 Å². The fourth-order valence-electron chi connectivity index (χ4n) is 3.53. The highest BCUT2D eigenvalue weighted by Gasteiger charge is 2.29. The number of nitrogens with one attached hydrogen (secondary N) is 2. The van der Waals surface area contributed by atoms with Crippen molar-refractivity contribution >= 4 is 17.3 Å². The van der Waals surface area contributed by atoms with Crippen molar-refractivity contribution in [2.24, 2.45) is 10.8 Å². The van der Waals surface area contributed by atoms with Crippen molar-refractivity contribution in [1.29, 1.82) is 5.41 Å². The Labute approximate surface area is 171 Å². The maximum atomic E-state index is 11.1. The van der Waals surface area contributed by atoms with Gasteiger partial charge >= 0.3 is 0 Å². The molecule has 1 aliphatic rings. The van der Waals surface area contributed by atoms with Gasteiger partial charge in [0.15, 0.2) is 0 Å². The van der Waals surface area contributed by atoms with Crippen molar-refractivity contribution in [3.63, 3.8) is 0 Å². The van der Waals surface area contributed by atoms with Gasteiger partial charge in [-0.25, -0.2) is 0 Å². The third-order valence-corrected chi connectivity index (χ3v) is 5.05. The molecule has 2 aromatic carbocycles. The second-order valence-corrected chi connectivity index (χ2v) is 7.10. The fraction of sp³-hybridized carbons (Fsp3) is 0.318. The minimum atomic E-state index is -0.457. The van der Waals surface area contributed by atoms with Crippen molar-refractivity contribution < 1.29 is 9.53 Å². The van der Waals surface area contributed by atoms with Crippen molar-refractivity contribution in [3.05, 3.63) is 59.7 Å². The predicted molar refractivity (Wildman–Crippen MR) is 115 cm³/mol. The molecule has 0 aromatic heterocycles. The second kappa shape index (κ2) is 9.34. The number of likely N-dealkylation sites (tertiary alicyclic amines) is 1. The number of hydrogen-bond donors (Lipinski definition) is 3. The summed E-state index contributed by atoms with van der Waals surface area (Å²) in [6.07, 6.45) is 2.07. The lowest BCUT2D eigenvalue weighted by Crippen LogP contribution is -2.38. The summed E-state index contributed by atoms with van der Waals surface area (Å²) in [5, 5.41) is 12.6. The van der Waals surface area contributed by atoms with Gasteiger partial charge in [-0.15, -0.1) is 0 Å². The third kappa shape index (κ3) is 5.20. The summed E-state index contributed by atoms with van der Waals surface area (Å²) in [6, 6.07) is 14.8. The first kappa shape index (κ1) is 20.5. The van der Waals surface area contributed by atoms with Crippen molar-refractivity contribution in [2.75, 3.05) is 13.6 Å². The molecule has 1 aliphatic heterocycles. The topological polar surface area (TPSA) is 104 Å². The summed E-state index contributed by atoms with van der Waals surface area (Å²) in [6.45, 7) is 3.63. The van der Waals surface area contributed by atoms with Crippen LogP contribution in [0.25, 0.3) is 0 Å². The van der Waals surface area contributed by atoms with Gasteiger partial charge < -0.3 is 21.3 Å². The molecule has 0 spiro atoms. The van der Waals surface area contributed by atoms with Crippen LogP contribution in [-0.4, -0.2) is 41.9 Å². The minimum absolute atomic E-state index is 0.104. The third-order valence-electron chi connectivity index (χ3n) is 5.05. The summed E-state index contributed by atoms with van der Waals surface area (Å²) < 4.78 is 5.83. The summed E-state index contributed by atoms with van der Waals surface area (Å²) in [5.74, 6) is 0.917. The van der Waals surface area contributed by atoms with Gasteiger partial charge in [-0.2, -0.15) is 5.10 Å². The van der Waals surface area contributed by atoms with E-state index < -0.39 is 5.91 Å². The number of rotatable bonds is 8. The summed E-state index contributed by atoms with van der Waals surface area (Å²) in [4.78, 5) is 13.5. The van der Waals surface area contributed by atoms with Crippen LogP contribution in [0.3, 0.4) is 0 Å². The second-order valence-electron chi connectivity index (χ2n) is 7.10. The number of nitrogens with zero attached hydrogens (tertiary/aromatic N) is 2. The van der Waals surface area contributed by atoms with E-state index in [0.29, 0.717) is 17.0 Å². The van der Waals surface area contributed by atoms with E-state index in [1.165, 1.54) is 5.56 Å². The first-order chi connectivity index (χ1) is 14.0. The van der Waals surface area contributed by atoms with Gasteiger partial charge in [0.05, 0.1) is 17.5 Å². The molecule has 152 valence electrons. The molecule has 0 radical (unpaired) electrons. The Kier molecular flexibility index (Phi) is 6.61. The molecule has 0 bridgehead atoms. The van der Waals surface area contributed by atoms with Gasteiger partial charge in [0, 0.05) is 19.2 Å². The number of carbonyl (C=O) groups is 1. The Morgan fingerprint density at radius 1 is 1.21 bits per heavy atom. The average molecular weight is 393 g/mol. The number of nitrogens with two attached hydrogens (primary N) is 1. The van der Waals surface area contributed by atoms with Crippen LogP contribution in [0.5, 0.6) is 11.5 Å². The average Bonchev–Trinajstić information content (AvgIpc) is 3.17. The van der Waals surface area contributed by atoms with Crippen LogP contribution in [0.2, 0.25) is 0 Å². The Hall–Kier alpha value is -3.19. The van der Waals surface area contributed by atoms with Crippen LogP contribution < -0.4 is 15.9 Å². The van der Waals surface area contributed by atoms with Gasteiger partial charge in [-0.3, -0.25) is 9.69 Å². The zero-order chi connectivity index (χ0) is 20.8. The highest BCUT2D eigenvalue weighted by Crippen LogP contribution is 2.25. The van der Waals surface area contributed by atoms with Crippen molar-refractivity contribution in [3.8, 4) is 11.5 Å². The highest BCUT2D eigenvalue weighted by molar-refractivity contribution is 6.42. The monoisotopic (exact) mass is 393 g/mol. The first-order valence-electron chi connectivity index (χ1n) is 9.68. The Bertz CT molecular complexity index is 890. The standard InChI is InChI=1S/C22H27N5O2/c1-15(26-25-2)21(23)20-4-3-13-27(20)14-16-5-9-18(10-6-16)29-19-11-7-17(8-12-19)22(24)28/h5-12,20,23,25H,3-4,13-14H2,1-2H3,(H2,24,28)/b23-21?,26-15-. The molecule has 1 unspecified atom stereocenters. The zero-order valence-electron chi connectivity index (χ0n) is 16.8. The maximum Gasteiger partial charge on any atom is 0.248 e. The molecular formula is C22H27N5O2. The quantitative estimate of drug-likeness (QED) is 0.473. The molecule has 1 atom stereocenters. The highest BCUT2D eigenvalue weighted by atomic mass is 16.5. The molecule has 7 nitrogen and oxygen atoms in total. The Morgan fingerprint density at radius 3 is 2.41 bits per heavy atom. The summed E-state index contributed by atoms with van der Waals surface area (Å²) in [5.41, 5.74) is 11.0. The van der Waals surface area contributed by atoms with Gasteiger partial charge in [0.25, 0.3) is 0 Å². The largest absolute Gasteiger partial charge is 0.457 e. The molecule has 0 saturated carbocycles. The molecular weight excluding hydrogens is 366 g/mol. The molecule has 1 amide bonds. The number of amides is 1. The van der Waals surface area contributed by atoms with E-state index in [1.807, 2.05) is 31.2 Å². The number of ether oxygens (including phenoxy) is 1. The molecule has 0 aliphatic carbocycles. The predicted octanol–water partition coefficient (Wildman–Crippen LogP) is 3.16. The van der Waals surface area contributed by atoms with Gasteiger partial charge in [-0.1, -0.05) is 12.1 Å². The number of carbonyl (C=O) groups excluding carboxylic acids is 1. The lowest BCUT2D eigenvalue weighted by molar-refractivity contribution is 0.100. The lowest BCUT2D eigenvalue weighted by Gasteiger charge is -2.25. The zero-order valence-corrected chi connectivity index (χ0v) is 16.8. The number of benzene rings is 2. The molecule has 7 heteroatoms. The van der Waals surface area contributed by atoms with E-state index in [-0.39, 0.29) is 6.04 Å². The van der Waals surface area contributed by atoms with Crippen LogP contribution in [0.4, 0.5) is 0 Å². The number of hydrazone groups is 1. The number of hydrogen-bond acceptors (Lipinski definition) is 6. The molecule has 29 heavy (non-hydrogen) atoms. The molecule has 1 heterocycles. The summed E-state index contributed by atoms with van der Waals surface area (Å²) in [7, 11) is 1.75. The van der Waals surface area contributed by atoms with E-state index in [2.05, 4.69) is 15.4 Å². The fourth-order valence-corrected chi connectivity index (χ4v) is 3.53. The molecule has 1 fully saturated rings. The van der Waals surface area contributed by atoms with Crippen LogP contribution in [-0.2, 0) is 6.54 Å². The van der Waals surface area contributed by atoms with Gasteiger partial charge in [0.1, 0.15) is 11.5 Å². The Morgan fingerprint density at radius 2 is 1.83 bits per heavy atom. The van der Waals surface area contributed by atoms with Gasteiger partial charge in [0.2, 0.25) is 5.91 Å².